The molecule has 23 heavy (non-hydrogen) atoms. The van der Waals surface area contributed by atoms with Gasteiger partial charge in [0.15, 0.2) is 0 Å². The van der Waals surface area contributed by atoms with Crippen LogP contribution in [0.4, 0.5) is 5.82 Å². The third-order valence-electron chi connectivity index (χ3n) is 3.10. The molecule has 0 aliphatic rings. The summed E-state index contributed by atoms with van der Waals surface area (Å²) in [5.74, 6) is 0.370. The molecule has 2 N–H and O–H groups in total. The Morgan fingerprint density at radius 3 is 2.78 bits per heavy atom. The summed E-state index contributed by atoms with van der Waals surface area (Å²) >= 11 is 5.85. The van der Waals surface area contributed by atoms with E-state index in [1.54, 1.807) is 13.2 Å². The topological polar surface area (TPSA) is 76.1 Å². The number of halogens is 1. The highest BCUT2D eigenvalue weighted by Crippen LogP contribution is 2.11. The molecule has 0 bridgehead atoms. The number of carbonyl (C=O) groups is 1. The lowest BCUT2D eigenvalue weighted by Crippen LogP contribution is -2.26. The zero-order chi connectivity index (χ0) is 16.5. The summed E-state index contributed by atoms with van der Waals surface area (Å²) in [6.07, 6.45) is 2.13. The van der Waals surface area contributed by atoms with Crippen LogP contribution in [0, 0.1) is 0 Å². The van der Waals surface area contributed by atoms with Crippen LogP contribution >= 0.6 is 11.6 Å². The molecule has 0 spiro atoms. The molecule has 0 aliphatic carbocycles. The van der Waals surface area contributed by atoms with Gasteiger partial charge in [-0.25, -0.2) is 9.97 Å². The first-order chi connectivity index (χ1) is 11.2. The number of nitrogens with one attached hydrogen (secondary N) is 2. The van der Waals surface area contributed by atoms with Gasteiger partial charge < -0.3 is 15.4 Å². The lowest BCUT2D eigenvalue weighted by Gasteiger charge is -2.08. The predicted molar refractivity (Wildman–Crippen MR) is 89.6 cm³/mol. The van der Waals surface area contributed by atoms with Gasteiger partial charge in [-0.1, -0.05) is 23.7 Å². The third kappa shape index (κ3) is 5.84. The van der Waals surface area contributed by atoms with Gasteiger partial charge in [0.2, 0.25) is 0 Å². The number of nitrogens with zero attached hydrogens (tertiary/aromatic N) is 2. The zero-order valence-electron chi connectivity index (χ0n) is 12.9. The fourth-order valence-corrected chi connectivity index (χ4v) is 2.01. The molecule has 6 nitrogen and oxygen atoms in total. The van der Waals surface area contributed by atoms with Gasteiger partial charge in [-0.15, -0.1) is 0 Å². The summed E-state index contributed by atoms with van der Waals surface area (Å²) in [7, 11) is 1.63. The highest BCUT2D eigenvalue weighted by molar-refractivity contribution is 6.30. The molecule has 122 valence electrons. The van der Waals surface area contributed by atoms with E-state index in [1.807, 2.05) is 24.3 Å². The van der Waals surface area contributed by atoms with E-state index < -0.39 is 0 Å². The van der Waals surface area contributed by atoms with Gasteiger partial charge in [-0.2, -0.15) is 0 Å². The Morgan fingerprint density at radius 2 is 2.04 bits per heavy atom. The molecule has 0 unspecified atom stereocenters. The number of anilines is 1. The number of hydrogen-bond acceptors (Lipinski definition) is 5. The molecule has 0 saturated heterocycles. The first kappa shape index (κ1) is 17.2. The molecular formula is C16H19ClN4O2. The molecule has 2 rings (SSSR count). The molecule has 0 aliphatic heterocycles. The molecule has 0 fully saturated rings. The van der Waals surface area contributed by atoms with E-state index in [0.717, 1.165) is 12.0 Å². The molecule has 1 aromatic carbocycles. The normalized spacial score (nSPS) is 10.3. The second kappa shape index (κ2) is 9.07. The minimum absolute atomic E-state index is 0.224. The molecule has 0 radical (unpaired) electrons. The maximum Gasteiger partial charge on any atom is 0.270 e. The number of carbonyl (C=O) groups excluding carboxylic acids is 1. The smallest absolute Gasteiger partial charge is 0.270 e. The Morgan fingerprint density at radius 1 is 1.26 bits per heavy atom. The van der Waals surface area contributed by atoms with Gasteiger partial charge in [0.05, 0.1) is 0 Å². The largest absolute Gasteiger partial charge is 0.385 e. The Hall–Kier alpha value is -2.18. The molecule has 1 amide bonds. The van der Waals surface area contributed by atoms with E-state index in [9.17, 15) is 4.79 Å². The molecular weight excluding hydrogens is 316 g/mol. The van der Waals surface area contributed by atoms with Crippen molar-refractivity contribution in [2.45, 2.75) is 13.0 Å². The zero-order valence-corrected chi connectivity index (χ0v) is 13.6. The molecule has 2 aromatic rings. The van der Waals surface area contributed by atoms with E-state index in [4.69, 9.17) is 16.3 Å². The molecule has 1 heterocycles. The monoisotopic (exact) mass is 334 g/mol. The number of amides is 1. The van der Waals surface area contributed by atoms with Gasteiger partial charge >= 0.3 is 0 Å². The second-order valence-corrected chi connectivity index (χ2v) is 5.31. The van der Waals surface area contributed by atoms with Crippen molar-refractivity contribution in [1.29, 1.82) is 0 Å². The second-order valence-electron chi connectivity index (χ2n) is 4.87. The standard InChI is InChI=1S/C16H19ClN4O2/c1-23-8-2-7-18-16(22)14-9-15(21-11-20-14)19-10-12-3-5-13(17)6-4-12/h3-6,9,11H,2,7-8,10H2,1H3,(H,18,22)(H,19,20,21). The number of ether oxygens (including phenoxy) is 1. The van der Waals surface area contributed by atoms with Gasteiger partial charge in [-0.3, -0.25) is 4.79 Å². The van der Waals surface area contributed by atoms with Gasteiger partial charge in [0.1, 0.15) is 17.8 Å². The number of rotatable bonds is 8. The quantitative estimate of drug-likeness (QED) is 0.725. The summed E-state index contributed by atoms with van der Waals surface area (Å²) in [4.78, 5) is 20.1. The maximum atomic E-state index is 12.0. The van der Waals surface area contributed by atoms with E-state index in [2.05, 4.69) is 20.6 Å². The number of aromatic nitrogens is 2. The average Bonchev–Trinajstić information content (AvgIpc) is 2.58. The van der Waals surface area contributed by atoms with Crippen molar-refractivity contribution in [3.8, 4) is 0 Å². The molecule has 7 heteroatoms. The average molecular weight is 335 g/mol. The fourth-order valence-electron chi connectivity index (χ4n) is 1.88. The number of benzene rings is 1. The van der Waals surface area contributed by atoms with E-state index >= 15 is 0 Å². The van der Waals surface area contributed by atoms with Crippen molar-refractivity contribution < 1.29 is 9.53 Å². The van der Waals surface area contributed by atoms with Crippen molar-refractivity contribution in [1.82, 2.24) is 15.3 Å². The van der Waals surface area contributed by atoms with Crippen molar-refractivity contribution in [3.63, 3.8) is 0 Å². The van der Waals surface area contributed by atoms with Gasteiger partial charge in [0.25, 0.3) is 5.91 Å². The van der Waals surface area contributed by atoms with Gasteiger partial charge in [-0.05, 0) is 24.1 Å². The Kier molecular flexibility index (Phi) is 6.77. The SMILES string of the molecule is COCCCNC(=O)c1cc(NCc2ccc(Cl)cc2)ncn1. The molecule has 1 aromatic heterocycles. The summed E-state index contributed by atoms with van der Waals surface area (Å²) in [5, 5.41) is 6.64. The highest BCUT2D eigenvalue weighted by Gasteiger charge is 2.08. The Balaban J connectivity index is 1.88. The minimum atomic E-state index is -0.224. The van der Waals surface area contributed by atoms with Crippen LogP contribution in [0.1, 0.15) is 22.5 Å². The maximum absolute atomic E-state index is 12.0. The van der Waals surface area contributed by atoms with Crippen molar-refractivity contribution >= 4 is 23.3 Å². The van der Waals surface area contributed by atoms with Crippen LogP contribution in [-0.4, -0.2) is 36.1 Å². The summed E-state index contributed by atoms with van der Waals surface area (Å²) in [6, 6.07) is 9.15. The van der Waals surface area contributed by atoms with Crippen LogP contribution < -0.4 is 10.6 Å². The van der Waals surface area contributed by atoms with E-state index in [1.165, 1.54) is 6.33 Å². The third-order valence-corrected chi connectivity index (χ3v) is 3.35. The lowest BCUT2D eigenvalue weighted by atomic mass is 10.2. The van der Waals surface area contributed by atoms with Crippen LogP contribution in [-0.2, 0) is 11.3 Å². The van der Waals surface area contributed by atoms with Crippen LogP contribution in [0.25, 0.3) is 0 Å². The fraction of sp³-hybridized carbons (Fsp3) is 0.312. The highest BCUT2D eigenvalue weighted by atomic mass is 35.5. The van der Waals surface area contributed by atoms with Crippen molar-refractivity contribution in [2.75, 3.05) is 25.6 Å². The first-order valence-corrected chi connectivity index (χ1v) is 7.64. The summed E-state index contributed by atoms with van der Waals surface area (Å²) in [6.45, 7) is 1.74. The van der Waals surface area contributed by atoms with Crippen molar-refractivity contribution in [3.05, 3.63) is 52.9 Å². The lowest BCUT2D eigenvalue weighted by molar-refractivity contribution is 0.0943. The summed E-state index contributed by atoms with van der Waals surface area (Å²) < 4.78 is 4.93. The summed E-state index contributed by atoms with van der Waals surface area (Å²) in [5.41, 5.74) is 1.40. The Bertz CT molecular complexity index is 634. The first-order valence-electron chi connectivity index (χ1n) is 7.26. The number of hydrogen-bond donors (Lipinski definition) is 2. The van der Waals surface area contributed by atoms with Gasteiger partial charge in [0, 0.05) is 37.9 Å². The van der Waals surface area contributed by atoms with Crippen LogP contribution in [0.3, 0.4) is 0 Å². The molecule has 0 atom stereocenters. The van der Waals surface area contributed by atoms with E-state index in [0.29, 0.717) is 36.2 Å². The van der Waals surface area contributed by atoms with Crippen molar-refractivity contribution in [2.24, 2.45) is 0 Å². The number of methoxy groups -OCH3 is 1. The predicted octanol–water partition coefficient (Wildman–Crippen LogP) is 2.51. The Labute approximate surface area is 140 Å². The molecule has 0 saturated carbocycles. The van der Waals surface area contributed by atoms with Crippen LogP contribution in [0.15, 0.2) is 36.7 Å². The van der Waals surface area contributed by atoms with Crippen LogP contribution in [0.2, 0.25) is 5.02 Å². The van der Waals surface area contributed by atoms with Crippen LogP contribution in [0.5, 0.6) is 0 Å². The minimum Gasteiger partial charge on any atom is -0.385 e. The van der Waals surface area contributed by atoms with E-state index in [-0.39, 0.29) is 5.91 Å².